The second kappa shape index (κ2) is 5.92. The van der Waals surface area contributed by atoms with E-state index in [1.54, 1.807) is 6.20 Å². The maximum atomic E-state index is 5.89. The van der Waals surface area contributed by atoms with Gasteiger partial charge in [0.2, 0.25) is 0 Å². The van der Waals surface area contributed by atoms with Gasteiger partial charge in [-0.1, -0.05) is 31.2 Å². The average molecular weight is 270 g/mol. The van der Waals surface area contributed by atoms with E-state index < -0.39 is 0 Å². The lowest BCUT2D eigenvalue weighted by Gasteiger charge is -2.25. The molecule has 2 aromatic rings. The van der Waals surface area contributed by atoms with Crippen LogP contribution in [0, 0.1) is 0 Å². The van der Waals surface area contributed by atoms with Crippen molar-refractivity contribution in [3.63, 3.8) is 0 Å². The Balaban J connectivity index is 1.71. The van der Waals surface area contributed by atoms with Crippen LogP contribution in [0.15, 0.2) is 42.6 Å². The van der Waals surface area contributed by atoms with Gasteiger partial charge in [-0.2, -0.15) is 0 Å². The highest BCUT2D eigenvalue weighted by Crippen LogP contribution is 2.33. The van der Waals surface area contributed by atoms with E-state index in [1.807, 2.05) is 12.1 Å². The Kier molecular flexibility index (Phi) is 3.83. The molecule has 0 aliphatic carbocycles. The molecule has 1 atom stereocenters. The Bertz CT molecular complexity index is 569. The maximum absolute atomic E-state index is 5.89. The number of ether oxygens (including phenoxy) is 2. The highest BCUT2D eigenvalue weighted by molar-refractivity contribution is 5.35. The molecule has 0 spiro atoms. The fourth-order valence-electron chi connectivity index (χ4n) is 2.19. The van der Waals surface area contributed by atoms with Gasteiger partial charge in [0, 0.05) is 12.7 Å². The lowest BCUT2D eigenvalue weighted by atomic mass is 10.1. The number of fused-ring (bicyclic) bond motifs is 1. The summed E-state index contributed by atoms with van der Waals surface area (Å²) < 4.78 is 11.6. The van der Waals surface area contributed by atoms with Crippen LogP contribution < -0.4 is 14.8 Å². The molecule has 0 bridgehead atoms. The molecule has 2 heterocycles. The minimum Gasteiger partial charge on any atom is -0.484 e. The third kappa shape index (κ3) is 2.75. The predicted molar refractivity (Wildman–Crippen MR) is 76.9 cm³/mol. The summed E-state index contributed by atoms with van der Waals surface area (Å²) in [6.07, 6.45) is 1.62. The van der Waals surface area contributed by atoms with Gasteiger partial charge in [-0.3, -0.25) is 0 Å². The fraction of sp³-hybridized carbons (Fsp3) is 0.312. The number of nitrogens with one attached hydrogen (secondary N) is 1. The summed E-state index contributed by atoms with van der Waals surface area (Å²) >= 11 is 0. The van der Waals surface area contributed by atoms with Crippen LogP contribution in [0.3, 0.4) is 0 Å². The van der Waals surface area contributed by atoms with Gasteiger partial charge in [0.15, 0.2) is 11.9 Å². The molecule has 4 heteroatoms. The van der Waals surface area contributed by atoms with Crippen LogP contribution in [0.1, 0.15) is 24.2 Å². The monoisotopic (exact) mass is 270 g/mol. The van der Waals surface area contributed by atoms with Gasteiger partial charge in [0.1, 0.15) is 6.61 Å². The molecule has 0 fully saturated rings. The van der Waals surface area contributed by atoms with Gasteiger partial charge in [0.05, 0.1) is 0 Å². The Morgan fingerprint density at radius 1 is 1.25 bits per heavy atom. The van der Waals surface area contributed by atoms with Crippen molar-refractivity contribution in [3.8, 4) is 11.6 Å². The van der Waals surface area contributed by atoms with Gasteiger partial charge < -0.3 is 14.8 Å². The molecule has 0 saturated carbocycles. The zero-order valence-electron chi connectivity index (χ0n) is 11.5. The molecular formula is C16H18N2O2. The van der Waals surface area contributed by atoms with Crippen molar-refractivity contribution in [2.75, 3.05) is 13.2 Å². The van der Waals surface area contributed by atoms with Crippen molar-refractivity contribution in [1.82, 2.24) is 10.3 Å². The molecule has 1 unspecified atom stereocenters. The summed E-state index contributed by atoms with van der Waals surface area (Å²) in [4.78, 5) is 4.20. The van der Waals surface area contributed by atoms with Crippen molar-refractivity contribution in [3.05, 3.63) is 53.7 Å². The van der Waals surface area contributed by atoms with Crippen molar-refractivity contribution >= 4 is 0 Å². The number of benzene rings is 1. The normalized spacial score (nSPS) is 16.9. The first-order valence-electron chi connectivity index (χ1n) is 6.91. The Morgan fingerprint density at radius 2 is 2.10 bits per heavy atom. The molecule has 0 amide bonds. The van der Waals surface area contributed by atoms with E-state index in [0.717, 1.165) is 18.7 Å². The lowest BCUT2D eigenvalue weighted by Crippen LogP contribution is -2.22. The highest BCUT2D eigenvalue weighted by Gasteiger charge is 2.23. The summed E-state index contributed by atoms with van der Waals surface area (Å²) in [6, 6.07) is 12.1. The SMILES string of the molecule is CCNCc1ccc(C2COc3cccnc3O2)cc1. The van der Waals surface area contributed by atoms with Crippen molar-refractivity contribution < 1.29 is 9.47 Å². The van der Waals surface area contributed by atoms with E-state index in [1.165, 1.54) is 5.56 Å². The number of hydrogen-bond donors (Lipinski definition) is 1. The second-order valence-electron chi connectivity index (χ2n) is 4.75. The Labute approximate surface area is 118 Å². The van der Waals surface area contributed by atoms with E-state index in [-0.39, 0.29) is 6.10 Å². The number of nitrogens with zero attached hydrogens (tertiary/aromatic N) is 1. The first kappa shape index (κ1) is 12.9. The molecule has 3 rings (SSSR count). The predicted octanol–water partition coefficient (Wildman–Crippen LogP) is 2.70. The van der Waals surface area contributed by atoms with E-state index in [2.05, 4.69) is 41.5 Å². The zero-order valence-corrected chi connectivity index (χ0v) is 11.5. The highest BCUT2D eigenvalue weighted by atomic mass is 16.6. The summed E-state index contributed by atoms with van der Waals surface area (Å²) in [5, 5.41) is 3.31. The van der Waals surface area contributed by atoms with Gasteiger partial charge >= 0.3 is 0 Å². The molecule has 0 saturated heterocycles. The van der Waals surface area contributed by atoms with Gasteiger partial charge in [0.25, 0.3) is 5.88 Å². The molecule has 1 aliphatic heterocycles. The van der Waals surface area contributed by atoms with Gasteiger partial charge in [-0.25, -0.2) is 4.98 Å². The van der Waals surface area contributed by atoms with Crippen LogP contribution in [0.2, 0.25) is 0 Å². The minimum absolute atomic E-state index is 0.0921. The van der Waals surface area contributed by atoms with Gasteiger partial charge in [-0.05, 0) is 29.8 Å². The summed E-state index contributed by atoms with van der Waals surface area (Å²) in [5.41, 5.74) is 2.38. The average Bonchev–Trinajstić information content (AvgIpc) is 2.53. The van der Waals surface area contributed by atoms with E-state index >= 15 is 0 Å². The smallest absolute Gasteiger partial charge is 0.257 e. The summed E-state index contributed by atoms with van der Waals surface area (Å²) in [5.74, 6) is 1.29. The Hall–Kier alpha value is -2.07. The topological polar surface area (TPSA) is 43.4 Å². The molecule has 104 valence electrons. The van der Waals surface area contributed by atoms with Crippen LogP contribution in [0.25, 0.3) is 0 Å². The van der Waals surface area contributed by atoms with E-state index in [9.17, 15) is 0 Å². The third-order valence-corrected chi connectivity index (χ3v) is 3.31. The molecule has 1 aromatic carbocycles. The fourth-order valence-corrected chi connectivity index (χ4v) is 2.19. The molecule has 20 heavy (non-hydrogen) atoms. The van der Waals surface area contributed by atoms with Gasteiger partial charge in [-0.15, -0.1) is 0 Å². The quantitative estimate of drug-likeness (QED) is 0.927. The molecule has 0 radical (unpaired) electrons. The van der Waals surface area contributed by atoms with E-state index in [0.29, 0.717) is 18.2 Å². The maximum Gasteiger partial charge on any atom is 0.257 e. The first-order valence-corrected chi connectivity index (χ1v) is 6.91. The number of aromatic nitrogens is 1. The second-order valence-corrected chi connectivity index (χ2v) is 4.75. The van der Waals surface area contributed by atoms with Crippen LogP contribution in [0.4, 0.5) is 0 Å². The third-order valence-electron chi connectivity index (χ3n) is 3.31. The van der Waals surface area contributed by atoms with Crippen LogP contribution in [-0.4, -0.2) is 18.1 Å². The Morgan fingerprint density at radius 3 is 2.90 bits per heavy atom. The molecule has 1 aromatic heterocycles. The number of hydrogen-bond acceptors (Lipinski definition) is 4. The van der Waals surface area contributed by atoms with E-state index in [4.69, 9.17) is 9.47 Å². The lowest BCUT2D eigenvalue weighted by molar-refractivity contribution is 0.0851. The minimum atomic E-state index is -0.0921. The number of pyridine rings is 1. The summed E-state index contributed by atoms with van der Waals surface area (Å²) in [7, 11) is 0. The number of rotatable bonds is 4. The first-order chi connectivity index (χ1) is 9.86. The van der Waals surface area contributed by atoms with Crippen molar-refractivity contribution in [2.45, 2.75) is 19.6 Å². The van der Waals surface area contributed by atoms with Crippen LogP contribution in [0.5, 0.6) is 11.6 Å². The summed E-state index contributed by atoms with van der Waals surface area (Å²) in [6.45, 7) is 4.49. The molecular weight excluding hydrogens is 252 g/mol. The van der Waals surface area contributed by atoms with Crippen molar-refractivity contribution in [1.29, 1.82) is 0 Å². The van der Waals surface area contributed by atoms with Crippen LogP contribution in [-0.2, 0) is 6.54 Å². The zero-order chi connectivity index (χ0) is 13.8. The van der Waals surface area contributed by atoms with Crippen LogP contribution >= 0.6 is 0 Å². The van der Waals surface area contributed by atoms with Crippen molar-refractivity contribution in [2.24, 2.45) is 0 Å². The molecule has 4 nitrogen and oxygen atoms in total. The standard InChI is InChI=1S/C16H18N2O2/c1-2-17-10-12-5-7-13(8-6-12)15-11-19-14-4-3-9-18-16(14)20-15/h3-9,15,17H,2,10-11H2,1H3. The molecule has 1 aliphatic rings. The molecule has 1 N–H and O–H groups in total. The largest absolute Gasteiger partial charge is 0.484 e.